The van der Waals surface area contributed by atoms with Gasteiger partial charge in [0.2, 0.25) is 0 Å². The molecule has 0 aliphatic carbocycles. The first kappa shape index (κ1) is 9.86. The normalized spacial score (nSPS) is 20.5. The number of benzene rings is 1. The standard InChI is InChI=1S/C11H13N3O/c1-8-7-10(11(14-15)13-12-8)9-5-3-2-4-6-9/h2-6,10,15H,7H2,1H3,(H,13,14). The van der Waals surface area contributed by atoms with Crippen molar-refractivity contribution in [3.63, 3.8) is 0 Å². The maximum Gasteiger partial charge on any atom is 0.156 e. The summed E-state index contributed by atoms with van der Waals surface area (Å²) in [5.41, 5.74) is 4.22. The second-order valence-electron chi connectivity index (χ2n) is 3.60. The highest BCUT2D eigenvalue weighted by Crippen LogP contribution is 2.23. The SMILES string of the molecule is CC1=NN=C(NO)C(c2ccccc2)C1. The van der Waals surface area contributed by atoms with Gasteiger partial charge in [0.05, 0.1) is 5.92 Å². The summed E-state index contributed by atoms with van der Waals surface area (Å²) in [5, 5.41) is 16.8. The van der Waals surface area contributed by atoms with Crippen molar-refractivity contribution in [1.29, 1.82) is 0 Å². The number of amidine groups is 1. The molecule has 2 N–H and O–H groups in total. The molecular formula is C11H13N3O. The van der Waals surface area contributed by atoms with Gasteiger partial charge < -0.3 is 0 Å². The minimum Gasteiger partial charge on any atom is -0.290 e. The van der Waals surface area contributed by atoms with Crippen LogP contribution in [0.5, 0.6) is 0 Å². The lowest BCUT2D eigenvalue weighted by atomic mass is 9.92. The summed E-state index contributed by atoms with van der Waals surface area (Å²) >= 11 is 0. The molecule has 2 rings (SSSR count). The van der Waals surface area contributed by atoms with Gasteiger partial charge in [-0.15, -0.1) is 5.10 Å². The van der Waals surface area contributed by atoms with E-state index in [4.69, 9.17) is 5.21 Å². The van der Waals surface area contributed by atoms with Gasteiger partial charge in [-0.2, -0.15) is 5.10 Å². The Labute approximate surface area is 88.3 Å². The molecule has 1 aliphatic heterocycles. The van der Waals surface area contributed by atoms with Crippen LogP contribution in [-0.2, 0) is 0 Å². The van der Waals surface area contributed by atoms with Gasteiger partial charge in [0, 0.05) is 12.1 Å². The number of nitrogens with one attached hydrogen (secondary N) is 1. The smallest absolute Gasteiger partial charge is 0.156 e. The number of hydrogen-bond donors (Lipinski definition) is 2. The average Bonchev–Trinajstić information content (AvgIpc) is 2.30. The Bertz CT molecular complexity index is 398. The summed E-state index contributed by atoms with van der Waals surface area (Å²) in [5.74, 6) is 0.584. The lowest BCUT2D eigenvalue weighted by Crippen LogP contribution is -2.30. The number of hydrogen-bond acceptors (Lipinski definition) is 4. The Morgan fingerprint density at radius 1 is 1.27 bits per heavy atom. The van der Waals surface area contributed by atoms with Crippen LogP contribution in [0, 0.1) is 0 Å². The topological polar surface area (TPSA) is 57.0 Å². The van der Waals surface area contributed by atoms with E-state index < -0.39 is 0 Å². The minimum atomic E-state index is 0.0775. The highest BCUT2D eigenvalue weighted by molar-refractivity contribution is 5.97. The lowest BCUT2D eigenvalue weighted by molar-refractivity contribution is 0.229. The molecule has 15 heavy (non-hydrogen) atoms. The van der Waals surface area contributed by atoms with Gasteiger partial charge in [0.15, 0.2) is 5.84 Å². The molecule has 0 amide bonds. The van der Waals surface area contributed by atoms with E-state index in [2.05, 4.69) is 15.7 Å². The maximum absolute atomic E-state index is 8.96. The Morgan fingerprint density at radius 3 is 2.67 bits per heavy atom. The van der Waals surface area contributed by atoms with Crippen molar-refractivity contribution in [1.82, 2.24) is 5.48 Å². The van der Waals surface area contributed by atoms with Gasteiger partial charge in [-0.25, -0.2) is 0 Å². The molecule has 0 fully saturated rings. The monoisotopic (exact) mass is 203 g/mol. The highest BCUT2D eigenvalue weighted by Gasteiger charge is 2.22. The third kappa shape index (κ3) is 2.05. The van der Waals surface area contributed by atoms with Crippen molar-refractivity contribution in [2.45, 2.75) is 19.3 Å². The molecule has 1 unspecified atom stereocenters. The Morgan fingerprint density at radius 2 is 2.00 bits per heavy atom. The zero-order chi connectivity index (χ0) is 10.7. The number of nitrogens with zero attached hydrogens (tertiary/aromatic N) is 2. The van der Waals surface area contributed by atoms with Gasteiger partial charge in [-0.3, -0.25) is 10.7 Å². The van der Waals surface area contributed by atoms with Crippen LogP contribution in [0.2, 0.25) is 0 Å². The molecule has 0 saturated carbocycles. The summed E-state index contributed by atoms with van der Waals surface area (Å²) in [6.45, 7) is 1.94. The first-order valence-corrected chi connectivity index (χ1v) is 4.87. The van der Waals surface area contributed by atoms with Crippen molar-refractivity contribution in [2.24, 2.45) is 10.2 Å². The summed E-state index contributed by atoms with van der Waals surface area (Å²) in [6, 6.07) is 9.97. The van der Waals surface area contributed by atoms with Gasteiger partial charge >= 0.3 is 0 Å². The predicted octanol–water partition coefficient (Wildman–Crippen LogP) is 1.93. The second kappa shape index (κ2) is 4.23. The molecule has 1 aromatic rings. The van der Waals surface area contributed by atoms with E-state index in [1.807, 2.05) is 37.3 Å². The Hall–Kier alpha value is -1.68. The van der Waals surface area contributed by atoms with E-state index in [-0.39, 0.29) is 5.92 Å². The van der Waals surface area contributed by atoms with Crippen molar-refractivity contribution >= 4 is 11.5 Å². The molecule has 4 heteroatoms. The molecule has 78 valence electrons. The van der Waals surface area contributed by atoms with Crippen molar-refractivity contribution < 1.29 is 5.21 Å². The van der Waals surface area contributed by atoms with Crippen LogP contribution in [0.3, 0.4) is 0 Å². The average molecular weight is 203 g/mol. The number of rotatable bonds is 1. The van der Waals surface area contributed by atoms with Gasteiger partial charge in [0.1, 0.15) is 0 Å². The molecule has 0 radical (unpaired) electrons. The molecule has 0 saturated heterocycles. The Balaban J connectivity index is 2.31. The molecule has 1 aromatic carbocycles. The molecule has 0 bridgehead atoms. The van der Waals surface area contributed by atoms with Crippen LogP contribution in [0.25, 0.3) is 0 Å². The fourth-order valence-electron chi connectivity index (χ4n) is 1.70. The van der Waals surface area contributed by atoms with Gasteiger partial charge in [-0.05, 0) is 12.5 Å². The molecule has 4 nitrogen and oxygen atoms in total. The maximum atomic E-state index is 8.96. The van der Waals surface area contributed by atoms with E-state index >= 15 is 0 Å². The predicted molar refractivity (Wildman–Crippen MR) is 59.3 cm³/mol. The van der Waals surface area contributed by atoms with Crippen LogP contribution < -0.4 is 5.48 Å². The number of hydroxylamine groups is 1. The third-order valence-electron chi connectivity index (χ3n) is 2.47. The van der Waals surface area contributed by atoms with Gasteiger partial charge in [0.25, 0.3) is 0 Å². The summed E-state index contributed by atoms with van der Waals surface area (Å²) in [6.07, 6.45) is 0.788. The zero-order valence-corrected chi connectivity index (χ0v) is 8.51. The summed E-state index contributed by atoms with van der Waals surface area (Å²) < 4.78 is 0. The minimum absolute atomic E-state index is 0.0775. The fourth-order valence-corrected chi connectivity index (χ4v) is 1.70. The zero-order valence-electron chi connectivity index (χ0n) is 8.51. The molecule has 0 aromatic heterocycles. The first-order chi connectivity index (χ1) is 7.31. The van der Waals surface area contributed by atoms with Crippen LogP contribution >= 0.6 is 0 Å². The summed E-state index contributed by atoms with van der Waals surface area (Å²) in [7, 11) is 0. The van der Waals surface area contributed by atoms with Crippen LogP contribution in [0.1, 0.15) is 24.8 Å². The Kier molecular flexibility index (Phi) is 2.78. The summed E-state index contributed by atoms with van der Waals surface area (Å²) in [4.78, 5) is 0. The fraction of sp³-hybridized carbons (Fsp3) is 0.273. The van der Waals surface area contributed by atoms with Gasteiger partial charge in [-0.1, -0.05) is 30.3 Å². The molecular weight excluding hydrogens is 190 g/mol. The molecule has 1 atom stereocenters. The highest BCUT2D eigenvalue weighted by atomic mass is 16.5. The van der Waals surface area contributed by atoms with Crippen LogP contribution in [0.4, 0.5) is 0 Å². The van der Waals surface area contributed by atoms with E-state index in [0.717, 1.165) is 17.7 Å². The molecule has 0 spiro atoms. The van der Waals surface area contributed by atoms with E-state index in [9.17, 15) is 0 Å². The van der Waals surface area contributed by atoms with E-state index in [0.29, 0.717) is 5.84 Å². The largest absolute Gasteiger partial charge is 0.290 e. The van der Waals surface area contributed by atoms with E-state index in [1.165, 1.54) is 0 Å². The van der Waals surface area contributed by atoms with E-state index in [1.54, 1.807) is 0 Å². The van der Waals surface area contributed by atoms with Crippen molar-refractivity contribution in [3.05, 3.63) is 35.9 Å². The first-order valence-electron chi connectivity index (χ1n) is 4.87. The quantitative estimate of drug-likeness (QED) is 0.685. The molecule has 1 heterocycles. The van der Waals surface area contributed by atoms with Crippen LogP contribution in [0.15, 0.2) is 40.5 Å². The third-order valence-corrected chi connectivity index (χ3v) is 2.47. The van der Waals surface area contributed by atoms with Crippen molar-refractivity contribution in [2.75, 3.05) is 0 Å². The van der Waals surface area contributed by atoms with Crippen LogP contribution in [-0.4, -0.2) is 16.8 Å². The molecule has 1 aliphatic rings. The lowest BCUT2D eigenvalue weighted by Gasteiger charge is -2.20. The second-order valence-corrected chi connectivity index (χ2v) is 3.60. The van der Waals surface area contributed by atoms with Crippen molar-refractivity contribution in [3.8, 4) is 0 Å².